The molecule has 0 aliphatic heterocycles. The van der Waals surface area contributed by atoms with E-state index in [9.17, 15) is 0 Å². The van der Waals surface area contributed by atoms with E-state index in [-0.39, 0.29) is 0 Å². The van der Waals surface area contributed by atoms with Gasteiger partial charge in [-0.05, 0) is 30.2 Å². The Bertz CT molecular complexity index is 355. The Kier molecular flexibility index (Phi) is 3.32. The van der Waals surface area contributed by atoms with Crippen LogP contribution in [0.5, 0.6) is 5.75 Å². The normalized spacial score (nSPS) is 9.38. The summed E-state index contributed by atoms with van der Waals surface area (Å²) in [4.78, 5) is 0. The molecule has 0 aliphatic carbocycles. The lowest BCUT2D eigenvalue weighted by Crippen LogP contribution is -1.94. The molecule has 0 saturated carbocycles. The number of rotatable bonds is 2. The molecule has 1 rings (SSSR count). The minimum absolute atomic E-state index is 0.406. The van der Waals surface area contributed by atoms with E-state index in [0.29, 0.717) is 6.42 Å². The zero-order chi connectivity index (χ0) is 9.84. The maximum atomic E-state index is 8.62. The summed E-state index contributed by atoms with van der Waals surface area (Å²) in [5.74, 6) is 0.827. The fraction of sp³-hybridized carbons (Fsp3) is 0.300. The highest BCUT2D eigenvalue weighted by molar-refractivity contribution is 9.10. The molecule has 0 N–H and O–H groups in total. The van der Waals surface area contributed by atoms with Crippen LogP contribution in [0.1, 0.15) is 11.1 Å². The van der Waals surface area contributed by atoms with E-state index in [1.54, 1.807) is 7.11 Å². The number of nitrogens with zero attached hydrogens (tertiary/aromatic N) is 1. The van der Waals surface area contributed by atoms with E-state index in [1.807, 2.05) is 19.1 Å². The molecule has 1 aromatic rings. The molecule has 0 saturated heterocycles. The largest absolute Gasteiger partial charge is 0.496 e. The summed E-state index contributed by atoms with van der Waals surface area (Å²) in [7, 11) is 1.63. The monoisotopic (exact) mass is 239 g/mol. The maximum absolute atomic E-state index is 8.62. The van der Waals surface area contributed by atoms with Crippen LogP contribution in [-0.4, -0.2) is 7.11 Å². The average molecular weight is 240 g/mol. The van der Waals surface area contributed by atoms with Crippen LogP contribution in [0.15, 0.2) is 16.6 Å². The van der Waals surface area contributed by atoms with Gasteiger partial charge < -0.3 is 4.74 Å². The molecule has 0 radical (unpaired) electrons. The number of methoxy groups -OCH3 is 1. The first kappa shape index (κ1) is 10.1. The third kappa shape index (κ3) is 2.02. The standard InChI is InChI=1S/C10H10BrNO/c1-7-8(5-6-12)9(11)3-4-10(7)13-2/h3-4H,5H2,1-2H3. The van der Waals surface area contributed by atoms with Gasteiger partial charge in [-0.15, -0.1) is 0 Å². The Morgan fingerprint density at radius 1 is 1.54 bits per heavy atom. The molecule has 0 bridgehead atoms. The summed E-state index contributed by atoms with van der Waals surface area (Å²) < 4.78 is 6.12. The van der Waals surface area contributed by atoms with Gasteiger partial charge in [0.05, 0.1) is 19.6 Å². The Morgan fingerprint density at radius 3 is 2.77 bits per heavy atom. The number of hydrogen-bond acceptors (Lipinski definition) is 2. The highest BCUT2D eigenvalue weighted by atomic mass is 79.9. The topological polar surface area (TPSA) is 33.0 Å². The van der Waals surface area contributed by atoms with Gasteiger partial charge in [0.2, 0.25) is 0 Å². The van der Waals surface area contributed by atoms with Gasteiger partial charge in [0.25, 0.3) is 0 Å². The Balaban J connectivity index is 3.23. The molecule has 0 aliphatic rings. The SMILES string of the molecule is COc1ccc(Br)c(CC#N)c1C. The predicted molar refractivity (Wildman–Crippen MR) is 54.7 cm³/mol. The van der Waals surface area contributed by atoms with Crippen LogP contribution >= 0.6 is 15.9 Å². The average Bonchev–Trinajstić information content (AvgIpc) is 2.12. The van der Waals surface area contributed by atoms with E-state index >= 15 is 0 Å². The third-order valence-corrected chi connectivity index (χ3v) is 2.71. The van der Waals surface area contributed by atoms with Crippen LogP contribution in [0.2, 0.25) is 0 Å². The second-order valence-electron chi connectivity index (χ2n) is 2.69. The van der Waals surface area contributed by atoms with E-state index in [0.717, 1.165) is 21.3 Å². The van der Waals surface area contributed by atoms with Gasteiger partial charge in [-0.25, -0.2) is 0 Å². The first-order valence-corrected chi connectivity index (χ1v) is 4.69. The van der Waals surface area contributed by atoms with Crippen molar-refractivity contribution in [1.82, 2.24) is 0 Å². The molecule has 68 valence electrons. The van der Waals surface area contributed by atoms with Crippen molar-refractivity contribution >= 4 is 15.9 Å². The lowest BCUT2D eigenvalue weighted by atomic mass is 10.1. The molecule has 2 nitrogen and oxygen atoms in total. The first-order chi connectivity index (χ1) is 6.20. The van der Waals surface area contributed by atoms with E-state index in [2.05, 4.69) is 22.0 Å². The molecule has 0 unspecified atom stereocenters. The molecule has 0 heterocycles. The van der Waals surface area contributed by atoms with Crippen LogP contribution in [0, 0.1) is 18.3 Å². The molecule has 13 heavy (non-hydrogen) atoms. The Hall–Kier alpha value is -1.01. The molecule has 0 aromatic heterocycles. The van der Waals surface area contributed by atoms with Crippen molar-refractivity contribution in [1.29, 1.82) is 5.26 Å². The minimum Gasteiger partial charge on any atom is -0.496 e. The summed E-state index contributed by atoms with van der Waals surface area (Å²) in [6, 6.07) is 5.92. The molecular weight excluding hydrogens is 230 g/mol. The van der Waals surface area contributed by atoms with Crippen molar-refractivity contribution in [2.24, 2.45) is 0 Å². The van der Waals surface area contributed by atoms with Crippen molar-refractivity contribution in [2.75, 3.05) is 7.11 Å². The number of ether oxygens (including phenoxy) is 1. The highest BCUT2D eigenvalue weighted by Crippen LogP contribution is 2.28. The quantitative estimate of drug-likeness (QED) is 0.796. The van der Waals surface area contributed by atoms with Crippen molar-refractivity contribution in [2.45, 2.75) is 13.3 Å². The van der Waals surface area contributed by atoms with Crippen LogP contribution in [0.25, 0.3) is 0 Å². The van der Waals surface area contributed by atoms with Gasteiger partial charge in [0, 0.05) is 4.47 Å². The van der Waals surface area contributed by atoms with Gasteiger partial charge in [0.15, 0.2) is 0 Å². The van der Waals surface area contributed by atoms with Gasteiger partial charge in [-0.3, -0.25) is 0 Å². The molecule has 0 amide bonds. The van der Waals surface area contributed by atoms with E-state index in [1.165, 1.54) is 0 Å². The maximum Gasteiger partial charge on any atom is 0.122 e. The van der Waals surface area contributed by atoms with Crippen LogP contribution in [0.3, 0.4) is 0 Å². The number of hydrogen-bond donors (Lipinski definition) is 0. The van der Waals surface area contributed by atoms with Gasteiger partial charge >= 0.3 is 0 Å². The molecule has 0 spiro atoms. The smallest absolute Gasteiger partial charge is 0.122 e. The van der Waals surface area contributed by atoms with Crippen molar-refractivity contribution in [3.8, 4) is 11.8 Å². The second kappa shape index (κ2) is 4.29. The van der Waals surface area contributed by atoms with Crippen LogP contribution in [0.4, 0.5) is 0 Å². The fourth-order valence-corrected chi connectivity index (χ4v) is 1.79. The molecular formula is C10H10BrNO. The lowest BCUT2D eigenvalue weighted by molar-refractivity contribution is 0.411. The summed E-state index contributed by atoms with van der Waals surface area (Å²) in [6.45, 7) is 1.95. The second-order valence-corrected chi connectivity index (χ2v) is 3.54. The summed E-state index contributed by atoms with van der Waals surface area (Å²) >= 11 is 3.40. The third-order valence-electron chi connectivity index (χ3n) is 1.97. The van der Waals surface area contributed by atoms with Gasteiger partial charge in [0.1, 0.15) is 5.75 Å². The Morgan fingerprint density at radius 2 is 2.23 bits per heavy atom. The van der Waals surface area contributed by atoms with Crippen molar-refractivity contribution in [3.05, 3.63) is 27.7 Å². The van der Waals surface area contributed by atoms with E-state index in [4.69, 9.17) is 10.00 Å². The minimum atomic E-state index is 0.406. The summed E-state index contributed by atoms with van der Waals surface area (Å²) in [5.41, 5.74) is 2.03. The lowest BCUT2D eigenvalue weighted by Gasteiger charge is -2.09. The number of halogens is 1. The Labute approximate surface area is 86.3 Å². The van der Waals surface area contributed by atoms with Crippen LogP contribution in [-0.2, 0) is 6.42 Å². The number of nitriles is 1. The van der Waals surface area contributed by atoms with Crippen LogP contribution < -0.4 is 4.74 Å². The molecule has 0 fully saturated rings. The number of benzene rings is 1. The molecule has 3 heteroatoms. The first-order valence-electron chi connectivity index (χ1n) is 3.89. The van der Waals surface area contributed by atoms with E-state index < -0.39 is 0 Å². The van der Waals surface area contributed by atoms with Crippen molar-refractivity contribution in [3.63, 3.8) is 0 Å². The van der Waals surface area contributed by atoms with Crippen molar-refractivity contribution < 1.29 is 4.74 Å². The predicted octanol–water partition coefficient (Wildman–Crippen LogP) is 2.83. The molecule has 0 atom stereocenters. The summed E-state index contributed by atoms with van der Waals surface area (Å²) in [5, 5.41) is 8.62. The zero-order valence-corrected chi connectivity index (χ0v) is 9.18. The fourth-order valence-electron chi connectivity index (χ4n) is 1.22. The molecule has 1 aromatic carbocycles. The zero-order valence-electron chi connectivity index (χ0n) is 7.60. The highest BCUT2D eigenvalue weighted by Gasteiger charge is 2.07. The summed E-state index contributed by atoms with van der Waals surface area (Å²) in [6.07, 6.45) is 0.406. The van der Waals surface area contributed by atoms with Gasteiger partial charge in [-0.1, -0.05) is 15.9 Å². The van der Waals surface area contributed by atoms with Gasteiger partial charge in [-0.2, -0.15) is 5.26 Å².